The van der Waals surface area contributed by atoms with Crippen molar-refractivity contribution in [1.82, 2.24) is 29.3 Å². The van der Waals surface area contributed by atoms with Gasteiger partial charge in [-0.3, -0.25) is 4.68 Å². The van der Waals surface area contributed by atoms with Crippen LogP contribution in [0.2, 0.25) is 0 Å². The zero-order valence-corrected chi connectivity index (χ0v) is 12.0. The number of methoxy groups -OCH3 is 1. The van der Waals surface area contributed by atoms with Gasteiger partial charge in [0.15, 0.2) is 10.4 Å². The van der Waals surface area contributed by atoms with Crippen molar-refractivity contribution in [2.24, 2.45) is 7.05 Å². The topological polar surface area (TPSA) is 73.6 Å². The monoisotopic (exact) mass is 290 g/mol. The Kier molecular flexibility index (Phi) is 3.23. The number of H-pyrrole nitrogens is 1. The SMILES string of the molecule is COc1ncnc2c1[nH]c(=S)n2CCc1cnn(C)c1. The largest absolute Gasteiger partial charge is 0.479 e. The third-order valence-corrected chi connectivity index (χ3v) is 3.42. The molecule has 0 radical (unpaired) electrons. The number of nitrogens with zero attached hydrogens (tertiary/aromatic N) is 5. The Bertz CT molecular complexity index is 802. The Morgan fingerprint density at radius 3 is 2.95 bits per heavy atom. The number of imidazole rings is 1. The minimum Gasteiger partial charge on any atom is -0.479 e. The van der Waals surface area contributed by atoms with E-state index in [1.165, 1.54) is 6.33 Å². The van der Waals surface area contributed by atoms with Crippen molar-refractivity contribution in [2.75, 3.05) is 7.11 Å². The van der Waals surface area contributed by atoms with Crippen LogP contribution in [0.1, 0.15) is 5.56 Å². The predicted molar refractivity (Wildman–Crippen MR) is 76.2 cm³/mol. The van der Waals surface area contributed by atoms with Gasteiger partial charge in [0.05, 0.1) is 13.3 Å². The second-order valence-electron chi connectivity index (χ2n) is 4.44. The summed E-state index contributed by atoms with van der Waals surface area (Å²) in [5.74, 6) is 0.501. The molecule has 3 aromatic rings. The quantitative estimate of drug-likeness (QED) is 0.737. The second kappa shape index (κ2) is 5.04. The van der Waals surface area contributed by atoms with Crippen molar-refractivity contribution in [2.45, 2.75) is 13.0 Å². The van der Waals surface area contributed by atoms with E-state index in [2.05, 4.69) is 20.1 Å². The molecule has 104 valence electrons. The maximum atomic E-state index is 5.34. The van der Waals surface area contributed by atoms with E-state index < -0.39 is 0 Å². The number of aromatic nitrogens is 6. The summed E-state index contributed by atoms with van der Waals surface area (Å²) in [6, 6.07) is 0. The third-order valence-electron chi connectivity index (χ3n) is 3.10. The Balaban J connectivity index is 1.95. The fraction of sp³-hybridized carbons (Fsp3) is 0.333. The summed E-state index contributed by atoms with van der Waals surface area (Å²) in [4.78, 5) is 11.4. The number of hydrogen-bond acceptors (Lipinski definition) is 5. The van der Waals surface area contributed by atoms with Crippen LogP contribution >= 0.6 is 12.2 Å². The summed E-state index contributed by atoms with van der Waals surface area (Å²) in [6.07, 6.45) is 6.16. The molecule has 7 nitrogen and oxygen atoms in total. The molecule has 3 aromatic heterocycles. The number of rotatable bonds is 4. The first-order valence-electron chi connectivity index (χ1n) is 6.14. The third kappa shape index (κ3) is 2.18. The molecule has 3 heterocycles. The Labute approximate surface area is 120 Å². The summed E-state index contributed by atoms with van der Waals surface area (Å²) in [5, 5.41) is 4.16. The molecule has 0 saturated carbocycles. The van der Waals surface area contributed by atoms with Crippen LogP contribution < -0.4 is 4.74 Å². The minimum absolute atomic E-state index is 0.501. The van der Waals surface area contributed by atoms with Gasteiger partial charge in [-0.1, -0.05) is 0 Å². The van der Waals surface area contributed by atoms with Gasteiger partial charge in [0.25, 0.3) is 0 Å². The highest BCUT2D eigenvalue weighted by Gasteiger charge is 2.11. The molecule has 0 spiro atoms. The van der Waals surface area contributed by atoms with Crippen molar-refractivity contribution in [1.29, 1.82) is 0 Å². The molecule has 8 heteroatoms. The van der Waals surface area contributed by atoms with Crippen LogP contribution in [0.25, 0.3) is 11.2 Å². The Hall–Kier alpha value is -2.22. The zero-order chi connectivity index (χ0) is 14.1. The van der Waals surface area contributed by atoms with Gasteiger partial charge in [0, 0.05) is 19.8 Å². The van der Waals surface area contributed by atoms with Crippen molar-refractivity contribution in [3.05, 3.63) is 29.1 Å². The lowest BCUT2D eigenvalue weighted by atomic mass is 10.2. The van der Waals surface area contributed by atoms with Gasteiger partial charge in [-0.2, -0.15) is 10.1 Å². The molecular weight excluding hydrogens is 276 g/mol. The van der Waals surface area contributed by atoms with Crippen LogP contribution in [0.3, 0.4) is 0 Å². The molecule has 3 rings (SSSR count). The molecule has 0 aromatic carbocycles. The normalized spacial score (nSPS) is 11.1. The second-order valence-corrected chi connectivity index (χ2v) is 4.82. The molecule has 0 fully saturated rings. The van der Waals surface area contributed by atoms with Gasteiger partial charge >= 0.3 is 0 Å². The molecule has 0 saturated heterocycles. The number of aromatic amines is 1. The fourth-order valence-corrected chi connectivity index (χ4v) is 2.43. The average Bonchev–Trinajstić information content (AvgIpc) is 2.99. The van der Waals surface area contributed by atoms with Gasteiger partial charge in [-0.05, 0) is 24.2 Å². The lowest BCUT2D eigenvalue weighted by Gasteiger charge is -2.03. The molecule has 20 heavy (non-hydrogen) atoms. The van der Waals surface area contributed by atoms with Gasteiger partial charge in [0.1, 0.15) is 11.8 Å². The number of nitrogens with one attached hydrogen (secondary N) is 1. The molecule has 0 unspecified atom stereocenters. The van der Waals surface area contributed by atoms with Gasteiger partial charge in [0.2, 0.25) is 5.88 Å². The lowest BCUT2D eigenvalue weighted by molar-refractivity contribution is 0.401. The summed E-state index contributed by atoms with van der Waals surface area (Å²) in [7, 11) is 3.48. The first kappa shape index (κ1) is 12.8. The average molecular weight is 290 g/mol. The maximum Gasteiger partial charge on any atom is 0.242 e. The van der Waals surface area contributed by atoms with E-state index >= 15 is 0 Å². The van der Waals surface area contributed by atoms with E-state index in [0.717, 1.165) is 29.7 Å². The smallest absolute Gasteiger partial charge is 0.242 e. The van der Waals surface area contributed by atoms with Crippen LogP contribution in [0.15, 0.2) is 18.7 Å². The van der Waals surface area contributed by atoms with Crippen LogP contribution in [0.5, 0.6) is 5.88 Å². The highest BCUT2D eigenvalue weighted by Crippen LogP contribution is 2.20. The van der Waals surface area contributed by atoms with Crippen LogP contribution in [-0.2, 0) is 20.0 Å². The molecule has 0 aliphatic heterocycles. The van der Waals surface area contributed by atoms with Gasteiger partial charge < -0.3 is 14.3 Å². The van der Waals surface area contributed by atoms with Crippen LogP contribution in [0, 0.1) is 4.77 Å². The van der Waals surface area contributed by atoms with E-state index in [9.17, 15) is 0 Å². The van der Waals surface area contributed by atoms with Crippen molar-refractivity contribution in [3.63, 3.8) is 0 Å². The molecule has 0 atom stereocenters. The minimum atomic E-state index is 0.501. The molecule has 0 aliphatic carbocycles. The first-order valence-corrected chi connectivity index (χ1v) is 6.55. The molecular formula is C12H14N6OS. The summed E-state index contributed by atoms with van der Waals surface area (Å²) < 4.78 is 9.55. The predicted octanol–water partition coefficient (Wildman–Crippen LogP) is 1.47. The Morgan fingerprint density at radius 2 is 2.25 bits per heavy atom. The molecule has 0 amide bonds. The van der Waals surface area contributed by atoms with E-state index in [0.29, 0.717) is 10.7 Å². The van der Waals surface area contributed by atoms with Crippen molar-refractivity contribution < 1.29 is 4.74 Å². The number of aryl methyl sites for hydroxylation is 3. The van der Waals surface area contributed by atoms with Crippen LogP contribution in [0.4, 0.5) is 0 Å². The zero-order valence-electron chi connectivity index (χ0n) is 11.2. The van der Waals surface area contributed by atoms with Crippen molar-refractivity contribution >= 4 is 23.4 Å². The molecule has 0 bridgehead atoms. The highest BCUT2D eigenvalue weighted by molar-refractivity contribution is 7.71. The summed E-state index contributed by atoms with van der Waals surface area (Å²) in [6.45, 7) is 0.727. The van der Waals surface area contributed by atoms with Crippen molar-refractivity contribution in [3.8, 4) is 5.88 Å². The number of ether oxygens (including phenoxy) is 1. The highest BCUT2D eigenvalue weighted by atomic mass is 32.1. The number of fused-ring (bicyclic) bond motifs is 1. The van der Waals surface area contributed by atoms with E-state index in [-0.39, 0.29) is 0 Å². The Morgan fingerprint density at radius 1 is 1.40 bits per heavy atom. The summed E-state index contributed by atoms with van der Waals surface area (Å²) in [5.41, 5.74) is 2.64. The maximum absolute atomic E-state index is 5.34. The number of hydrogen-bond donors (Lipinski definition) is 1. The van der Waals surface area contributed by atoms with E-state index in [4.69, 9.17) is 17.0 Å². The van der Waals surface area contributed by atoms with Gasteiger partial charge in [-0.25, -0.2) is 4.98 Å². The standard InChI is InChI=1S/C12H14N6OS/c1-17-6-8(5-15-17)3-4-18-10-9(16-12(18)20)11(19-2)14-7-13-10/h5-7H,3-4H2,1-2H3,(H,16,20). The van der Waals surface area contributed by atoms with Crippen LogP contribution in [-0.4, -0.2) is 36.4 Å². The lowest BCUT2D eigenvalue weighted by Crippen LogP contribution is -2.02. The summed E-state index contributed by atoms with van der Waals surface area (Å²) >= 11 is 5.34. The fourth-order valence-electron chi connectivity index (χ4n) is 2.15. The first-order chi connectivity index (χ1) is 9.69. The molecule has 0 aliphatic rings. The van der Waals surface area contributed by atoms with E-state index in [1.54, 1.807) is 11.8 Å². The van der Waals surface area contributed by atoms with Gasteiger partial charge in [-0.15, -0.1) is 0 Å². The molecule has 1 N–H and O–H groups in total. The van der Waals surface area contributed by atoms with E-state index in [1.807, 2.05) is 24.0 Å².